The number of benzene rings is 3. The molecule has 0 saturated heterocycles. The zero-order valence-corrected chi connectivity index (χ0v) is 14.4. The third kappa shape index (κ3) is 3.80. The van der Waals surface area contributed by atoms with E-state index in [0.29, 0.717) is 16.9 Å². The van der Waals surface area contributed by atoms with Gasteiger partial charge in [0.2, 0.25) is 0 Å². The van der Waals surface area contributed by atoms with Crippen molar-refractivity contribution in [2.24, 2.45) is 0 Å². The van der Waals surface area contributed by atoms with Crippen LogP contribution in [-0.2, 0) is 0 Å². The van der Waals surface area contributed by atoms with E-state index in [9.17, 15) is 9.59 Å². The first kappa shape index (κ1) is 16.8. The van der Waals surface area contributed by atoms with Crippen LogP contribution in [0.3, 0.4) is 0 Å². The minimum atomic E-state index is -0.422. The summed E-state index contributed by atoms with van der Waals surface area (Å²) in [6, 6.07) is 25.6. The summed E-state index contributed by atoms with van der Waals surface area (Å²) in [7, 11) is 0. The minimum absolute atomic E-state index is 0.0900. The second-order valence-electron chi connectivity index (χ2n) is 6.11. The summed E-state index contributed by atoms with van der Waals surface area (Å²) < 4.78 is 10.7. The Labute approximate surface area is 155 Å². The first-order valence-electron chi connectivity index (χ1n) is 8.54. The predicted molar refractivity (Wildman–Crippen MR) is 104 cm³/mol. The van der Waals surface area contributed by atoms with Crippen molar-refractivity contribution in [3.05, 3.63) is 101 Å². The fourth-order valence-corrected chi connectivity index (χ4v) is 2.84. The van der Waals surface area contributed by atoms with Gasteiger partial charge < -0.3 is 9.15 Å². The Morgan fingerprint density at radius 3 is 2.30 bits per heavy atom. The second-order valence-corrected chi connectivity index (χ2v) is 6.11. The monoisotopic (exact) mass is 356 g/mol. The summed E-state index contributed by atoms with van der Waals surface area (Å²) in [5, 5.41) is 0.796. The molecule has 0 aliphatic carbocycles. The summed E-state index contributed by atoms with van der Waals surface area (Å²) in [6.45, 7) is -0.0900. The van der Waals surface area contributed by atoms with Gasteiger partial charge in [0.25, 0.3) is 0 Å². The molecule has 4 heteroatoms. The van der Waals surface area contributed by atoms with Crippen LogP contribution in [0.25, 0.3) is 22.1 Å². The molecule has 4 nitrogen and oxygen atoms in total. The van der Waals surface area contributed by atoms with E-state index < -0.39 is 5.63 Å². The maximum atomic E-state index is 12.4. The fraction of sp³-hybridized carbons (Fsp3) is 0.0435. The number of rotatable bonds is 5. The van der Waals surface area contributed by atoms with Gasteiger partial charge in [0.05, 0.1) is 0 Å². The van der Waals surface area contributed by atoms with Crippen molar-refractivity contribution in [1.29, 1.82) is 0 Å². The highest BCUT2D eigenvalue weighted by molar-refractivity contribution is 5.97. The molecule has 0 bridgehead atoms. The molecule has 0 saturated carbocycles. The van der Waals surface area contributed by atoms with Gasteiger partial charge in [-0.25, -0.2) is 4.79 Å². The maximum absolute atomic E-state index is 12.4. The van der Waals surface area contributed by atoms with Crippen molar-refractivity contribution in [1.82, 2.24) is 0 Å². The summed E-state index contributed by atoms with van der Waals surface area (Å²) >= 11 is 0. The van der Waals surface area contributed by atoms with E-state index in [1.54, 1.807) is 36.4 Å². The van der Waals surface area contributed by atoms with E-state index in [4.69, 9.17) is 9.15 Å². The fourth-order valence-electron chi connectivity index (χ4n) is 2.84. The number of ether oxygens (including phenoxy) is 1. The first-order chi connectivity index (χ1) is 13.2. The molecule has 0 N–H and O–H groups in total. The minimum Gasteiger partial charge on any atom is -0.485 e. The Bertz CT molecular complexity index is 1140. The molecule has 0 atom stereocenters. The third-order valence-corrected chi connectivity index (χ3v) is 4.28. The van der Waals surface area contributed by atoms with E-state index in [1.165, 1.54) is 6.07 Å². The van der Waals surface area contributed by atoms with Crippen molar-refractivity contribution < 1.29 is 13.9 Å². The first-order valence-corrected chi connectivity index (χ1v) is 8.54. The lowest BCUT2D eigenvalue weighted by atomic mass is 10.0. The largest absolute Gasteiger partial charge is 0.485 e. The highest BCUT2D eigenvalue weighted by atomic mass is 16.5. The molecule has 0 aliphatic heterocycles. The Morgan fingerprint density at radius 1 is 0.815 bits per heavy atom. The van der Waals surface area contributed by atoms with Gasteiger partial charge in [0, 0.05) is 23.1 Å². The lowest BCUT2D eigenvalue weighted by Crippen LogP contribution is -2.11. The molecule has 4 rings (SSSR count). The van der Waals surface area contributed by atoms with Crippen molar-refractivity contribution in [3.63, 3.8) is 0 Å². The van der Waals surface area contributed by atoms with E-state index in [0.717, 1.165) is 16.5 Å². The van der Waals surface area contributed by atoms with Crippen LogP contribution < -0.4 is 10.4 Å². The molecular weight excluding hydrogens is 340 g/mol. The standard InChI is InChI=1S/C23H16O4/c24-21(18-8-6-17(7-9-18)16-4-2-1-3-5-16)15-26-20-12-10-19-11-13-23(25)27-22(19)14-20/h1-14H,15H2. The molecule has 0 aliphatic rings. The van der Waals surface area contributed by atoms with Crippen LogP contribution in [0.1, 0.15) is 10.4 Å². The number of hydrogen-bond donors (Lipinski definition) is 0. The van der Waals surface area contributed by atoms with Crippen molar-refractivity contribution >= 4 is 16.8 Å². The zero-order chi connectivity index (χ0) is 18.6. The Hall–Kier alpha value is -3.66. The van der Waals surface area contributed by atoms with Crippen molar-refractivity contribution in [2.45, 2.75) is 0 Å². The van der Waals surface area contributed by atoms with E-state index in [1.807, 2.05) is 42.5 Å². The van der Waals surface area contributed by atoms with E-state index in [-0.39, 0.29) is 12.4 Å². The van der Waals surface area contributed by atoms with E-state index >= 15 is 0 Å². The predicted octanol–water partition coefficient (Wildman–Crippen LogP) is 4.72. The van der Waals surface area contributed by atoms with Gasteiger partial charge in [-0.15, -0.1) is 0 Å². The van der Waals surface area contributed by atoms with Gasteiger partial charge in [-0.2, -0.15) is 0 Å². The van der Waals surface area contributed by atoms with Crippen LogP contribution in [0, 0.1) is 0 Å². The van der Waals surface area contributed by atoms with E-state index in [2.05, 4.69) is 0 Å². The normalized spacial score (nSPS) is 10.7. The summed E-state index contributed by atoms with van der Waals surface area (Å²) in [5.74, 6) is 0.357. The molecule has 0 fully saturated rings. The number of ketones is 1. The SMILES string of the molecule is O=C(COc1ccc2ccc(=O)oc2c1)c1ccc(-c2ccccc2)cc1. The summed E-state index contributed by atoms with van der Waals surface area (Å²) in [5.41, 5.74) is 2.75. The van der Waals surface area contributed by atoms with Crippen molar-refractivity contribution in [2.75, 3.05) is 6.61 Å². The Kier molecular flexibility index (Phi) is 4.54. The van der Waals surface area contributed by atoms with Gasteiger partial charge in [-0.05, 0) is 29.3 Å². The molecule has 0 spiro atoms. The van der Waals surface area contributed by atoms with Gasteiger partial charge in [-0.3, -0.25) is 4.79 Å². The topological polar surface area (TPSA) is 56.5 Å². The molecule has 1 aromatic heterocycles. The number of hydrogen-bond acceptors (Lipinski definition) is 4. The maximum Gasteiger partial charge on any atom is 0.336 e. The zero-order valence-electron chi connectivity index (χ0n) is 14.4. The number of fused-ring (bicyclic) bond motifs is 1. The smallest absolute Gasteiger partial charge is 0.336 e. The third-order valence-electron chi connectivity index (χ3n) is 4.28. The molecule has 0 amide bonds. The van der Waals surface area contributed by atoms with Crippen LogP contribution in [0.2, 0.25) is 0 Å². The molecule has 1 heterocycles. The Morgan fingerprint density at radius 2 is 1.52 bits per heavy atom. The highest BCUT2D eigenvalue weighted by Gasteiger charge is 2.08. The second kappa shape index (κ2) is 7.30. The molecule has 4 aromatic rings. The number of carbonyl (C=O) groups excluding carboxylic acids is 1. The highest BCUT2D eigenvalue weighted by Crippen LogP contribution is 2.21. The average Bonchev–Trinajstić information content (AvgIpc) is 2.72. The molecular formula is C23H16O4. The molecule has 0 unspecified atom stereocenters. The molecule has 27 heavy (non-hydrogen) atoms. The lowest BCUT2D eigenvalue weighted by Gasteiger charge is -2.07. The van der Waals surface area contributed by atoms with Gasteiger partial charge in [0.15, 0.2) is 12.4 Å². The number of carbonyl (C=O) groups is 1. The lowest BCUT2D eigenvalue weighted by molar-refractivity contribution is 0.0921. The van der Waals surface area contributed by atoms with Crippen molar-refractivity contribution in [3.8, 4) is 16.9 Å². The molecule has 0 radical (unpaired) electrons. The summed E-state index contributed by atoms with van der Waals surface area (Å²) in [6.07, 6.45) is 0. The van der Waals surface area contributed by atoms with Crippen LogP contribution in [0.4, 0.5) is 0 Å². The molecule has 132 valence electrons. The van der Waals surface area contributed by atoms with Crippen LogP contribution in [-0.4, -0.2) is 12.4 Å². The number of Topliss-reactive ketones (excluding diaryl/α,β-unsaturated/α-hetero) is 1. The quantitative estimate of drug-likeness (QED) is 0.383. The average molecular weight is 356 g/mol. The van der Waals surface area contributed by atoms with Gasteiger partial charge in [-0.1, -0.05) is 54.6 Å². The van der Waals surface area contributed by atoms with Gasteiger partial charge >= 0.3 is 5.63 Å². The van der Waals surface area contributed by atoms with Gasteiger partial charge in [0.1, 0.15) is 11.3 Å². The Balaban J connectivity index is 1.45. The van der Waals surface area contributed by atoms with Crippen LogP contribution in [0.5, 0.6) is 5.75 Å². The van der Waals surface area contributed by atoms with Crippen LogP contribution >= 0.6 is 0 Å². The summed E-state index contributed by atoms with van der Waals surface area (Å²) in [4.78, 5) is 23.7. The molecule has 3 aromatic carbocycles. The van der Waals surface area contributed by atoms with Crippen LogP contribution in [0.15, 0.2) is 94.1 Å².